The van der Waals surface area contributed by atoms with Crippen LogP contribution in [0.15, 0.2) is 60.0 Å². The molecule has 1 aliphatic carbocycles. The number of anilines is 1. The standard InChI is InChI=1S/C40H52F3N5O5S/c1-3-37(49)47-20-15-32(23-47)54(51,52)31-11-12-36(34(42)22-31)48-25-39(43,26-48)24-46-18-13-28(14-19-46)40(27-45-16-6-17-45,29-7-4-8-30(41)21-29)33-9-5-10-35(33)44-38(50)53-2/h3-4,7-8,11-12,21-22,28,32-33,35H,1,5-6,9-10,13-20,23-27H2,2H3,(H,44,50)/t32?,33-,35-,40?/m0/s1. The van der Waals surface area contributed by atoms with Crippen molar-refractivity contribution in [3.63, 3.8) is 0 Å². The summed E-state index contributed by atoms with van der Waals surface area (Å²) < 4.78 is 78.2. The van der Waals surface area contributed by atoms with Crippen LogP contribution in [0.2, 0.25) is 0 Å². The van der Waals surface area contributed by atoms with Gasteiger partial charge in [-0.1, -0.05) is 25.1 Å². The van der Waals surface area contributed by atoms with Crippen LogP contribution in [0.25, 0.3) is 0 Å². The zero-order valence-electron chi connectivity index (χ0n) is 31.0. The summed E-state index contributed by atoms with van der Waals surface area (Å²) in [7, 11) is -2.51. The van der Waals surface area contributed by atoms with Crippen LogP contribution in [0.1, 0.15) is 50.5 Å². The van der Waals surface area contributed by atoms with Gasteiger partial charge in [-0.05, 0) is 119 Å². The highest BCUT2D eigenvalue weighted by Crippen LogP contribution is 2.52. The number of alkyl halides is 1. The van der Waals surface area contributed by atoms with E-state index in [1.807, 2.05) is 6.07 Å². The van der Waals surface area contributed by atoms with Gasteiger partial charge in [0.15, 0.2) is 15.5 Å². The fourth-order valence-electron chi connectivity index (χ4n) is 10.1. The van der Waals surface area contributed by atoms with Crippen LogP contribution in [0.5, 0.6) is 0 Å². The summed E-state index contributed by atoms with van der Waals surface area (Å²) in [5.74, 6) is -1.09. The van der Waals surface area contributed by atoms with Crippen LogP contribution in [0, 0.1) is 23.5 Å². The number of nitrogens with one attached hydrogen (secondary N) is 1. The van der Waals surface area contributed by atoms with Gasteiger partial charge in [-0.2, -0.15) is 0 Å². The Morgan fingerprint density at radius 3 is 2.39 bits per heavy atom. The molecule has 5 aliphatic rings. The minimum Gasteiger partial charge on any atom is -0.453 e. The van der Waals surface area contributed by atoms with Crippen molar-refractivity contribution in [1.29, 1.82) is 0 Å². The van der Waals surface area contributed by atoms with Crippen molar-refractivity contribution in [3.05, 3.63) is 72.3 Å². The predicted molar refractivity (Wildman–Crippen MR) is 200 cm³/mol. The highest BCUT2D eigenvalue weighted by atomic mass is 32.2. The van der Waals surface area contributed by atoms with Crippen molar-refractivity contribution in [2.75, 3.05) is 77.5 Å². The molecule has 2 unspecified atom stereocenters. The highest BCUT2D eigenvalue weighted by molar-refractivity contribution is 7.92. The molecule has 0 bridgehead atoms. The van der Waals surface area contributed by atoms with Crippen molar-refractivity contribution in [2.24, 2.45) is 11.8 Å². The highest BCUT2D eigenvalue weighted by Gasteiger charge is 2.54. The van der Waals surface area contributed by atoms with E-state index in [0.717, 1.165) is 75.9 Å². The number of amides is 2. The third-order valence-corrected chi connectivity index (χ3v) is 15.1. The second kappa shape index (κ2) is 15.5. The van der Waals surface area contributed by atoms with E-state index in [-0.39, 0.29) is 72.8 Å². The molecule has 1 N–H and O–H groups in total. The van der Waals surface area contributed by atoms with Gasteiger partial charge in [0.1, 0.15) is 11.6 Å². The van der Waals surface area contributed by atoms with Gasteiger partial charge in [0.05, 0.1) is 36.0 Å². The number of sulfone groups is 1. The van der Waals surface area contributed by atoms with Crippen molar-refractivity contribution in [3.8, 4) is 0 Å². The molecule has 10 nitrogen and oxygen atoms in total. The van der Waals surface area contributed by atoms with Crippen molar-refractivity contribution >= 4 is 27.5 Å². The number of rotatable bonds is 12. The Labute approximate surface area is 316 Å². The number of ether oxygens (including phenoxy) is 1. The van der Waals surface area contributed by atoms with E-state index < -0.39 is 38.1 Å². The molecular weight excluding hydrogens is 720 g/mol. The molecule has 4 heterocycles. The van der Waals surface area contributed by atoms with E-state index in [0.29, 0.717) is 19.6 Å². The minimum absolute atomic E-state index is 0.0116. The maximum absolute atomic E-state index is 16.2. The van der Waals surface area contributed by atoms with Gasteiger partial charge >= 0.3 is 6.09 Å². The fraction of sp³-hybridized carbons (Fsp3) is 0.600. The van der Waals surface area contributed by atoms with Gasteiger partial charge in [0.25, 0.3) is 0 Å². The molecule has 2 aromatic carbocycles. The third kappa shape index (κ3) is 7.49. The molecule has 5 fully saturated rings. The second-order valence-electron chi connectivity index (χ2n) is 16.1. The Morgan fingerprint density at radius 1 is 0.981 bits per heavy atom. The van der Waals surface area contributed by atoms with E-state index in [4.69, 9.17) is 4.74 Å². The SMILES string of the molecule is C=CC(=O)N1CCC(S(=O)(=O)c2ccc(N3CC(F)(CN4CCC(C(CN5CCC5)(c5cccc(F)c5)[C@H]5CCC[C@@H]5NC(=O)OC)CC4)C3)c(F)c2)C1. The molecule has 294 valence electrons. The first-order chi connectivity index (χ1) is 25.8. The third-order valence-electron chi connectivity index (χ3n) is 12.9. The van der Waals surface area contributed by atoms with Crippen molar-refractivity contribution in [1.82, 2.24) is 20.0 Å². The van der Waals surface area contributed by atoms with Crippen LogP contribution in [-0.4, -0.2) is 125 Å². The van der Waals surface area contributed by atoms with Gasteiger partial charge < -0.3 is 24.8 Å². The van der Waals surface area contributed by atoms with Gasteiger partial charge in [0.2, 0.25) is 5.91 Å². The molecule has 54 heavy (non-hydrogen) atoms. The summed E-state index contributed by atoms with van der Waals surface area (Å²) in [4.78, 5) is 31.9. The summed E-state index contributed by atoms with van der Waals surface area (Å²) in [6, 6.07) is 10.6. The lowest BCUT2D eigenvalue weighted by Gasteiger charge is -2.54. The van der Waals surface area contributed by atoms with Crippen molar-refractivity contribution < 1.29 is 35.9 Å². The molecule has 1 saturated carbocycles. The normalized spacial score (nSPS) is 26.1. The molecule has 0 aromatic heterocycles. The molecule has 2 amide bonds. The Balaban J connectivity index is 1.02. The first kappa shape index (κ1) is 38.6. The number of likely N-dealkylation sites (tertiary alicyclic amines) is 3. The molecule has 0 spiro atoms. The number of piperidine rings is 1. The van der Waals surface area contributed by atoms with E-state index in [2.05, 4.69) is 21.7 Å². The van der Waals surface area contributed by atoms with Gasteiger partial charge in [0, 0.05) is 37.6 Å². The summed E-state index contributed by atoms with van der Waals surface area (Å²) in [6.45, 7) is 8.01. The van der Waals surface area contributed by atoms with Crippen LogP contribution in [0.4, 0.5) is 23.7 Å². The second-order valence-corrected chi connectivity index (χ2v) is 18.3. The van der Waals surface area contributed by atoms with E-state index in [1.54, 1.807) is 17.0 Å². The summed E-state index contributed by atoms with van der Waals surface area (Å²) in [5, 5.41) is 2.28. The van der Waals surface area contributed by atoms with Crippen LogP contribution < -0.4 is 10.2 Å². The molecule has 2 aromatic rings. The Bertz CT molecular complexity index is 1830. The zero-order valence-corrected chi connectivity index (χ0v) is 31.8. The maximum atomic E-state index is 16.2. The number of alkyl carbamates (subject to hydrolysis) is 1. The molecular formula is C40H52F3N5O5S. The molecule has 4 saturated heterocycles. The van der Waals surface area contributed by atoms with E-state index >= 15 is 8.78 Å². The Hall–Kier alpha value is -3.62. The first-order valence-corrected chi connectivity index (χ1v) is 20.8. The van der Waals surface area contributed by atoms with Gasteiger partial charge in [-0.15, -0.1) is 0 Å². The minimum atomic E-state index is -3.88. The number of benzene rings is 2. The number of carbonyl (C=O) groups is 2. The van der Waals surface area contributed by atoms with Crippen LogP contribution in [0.3, 0.4) is 0 Å². The number of methoxy groups -OCH3 is 1. The van der Waals surface area contributed by atoms with E-state index in [9.17, 15) is 22.4 Å². The zero-order chi connectivity index (χ0) is 38.3. The van der Waals surface area contributed by atoms with Gasteiger partial charge in [-0.3, -0.25) is 9.69 Å². The number of nitrogens with zero attached hydrogens (tertiary/aromatic N) is 4. The predicted octanol–water partition coefficient (Wildman–Crippen LogP) is 4.93. The lowest BCUT2D eigenvalue weighted by Crippen LogP contribution is -2.65. The van der Waals surface area contributed by atoms with Crippen LogP contribution >= 0.6 is 0 Å². The Kier molecular flexibility index (Phi) is 11.1. The number of halogens is 3. The fourth-order valence-corrected chi connectivity index (χ4v) is 11.8. The molecule has 4 atom stereocenters. The molecule has 14 heteroatoms. The monoisotopic (exact) mass is 771 g/mol. The quantitative estimate of drug-likeness (QED) is 0.304. The average molecular weight is 772 g/mol. The lowest BCUT2D eigenvalue weighted by atomic mass is 9.57. The summed E-state index contributed by atoms with van der Waals surface area (Å²) in [5.41, 5.74) is -0.863. The largest absolute Gasteiger partial charge is 0.453 e. The smallest absolute Gasteiger partial charge is 0.407 e. The van der Waals surface area contributed by atoms with Crippen LogP contribution in [-0.2, 0) is 24.8 Å². The van der Waals surface area contributed by atoms with Crippen molar-refractivity contribution in [2.45, 2.75) is 72.2 Å². The molecule has 0 radical (unpaired) electrons. The number of hydrogen-bond donors (Lipinski definition) is 1. The topological polar surface area (TPSA) is 103 Å². The number of carbonyl (C=O) groups excluding carboxylic acids is 2. The van der Waals surface area contributed by atoms with E-state index in [1.165, 1.54) is 30.2 Å². The maximum Gasteiger partial charge on any atom is 0.407 e. The lowest BCUT2D eigenvalue weighted by molar-refractivity contribution is -0.124. The molecule has 7 rings (SSSR count). The molecule has 4 aliphatic heterocycles. The number of hydrogen-bond acceptors (Lipinski definition) is 8. The average Bonchev–Trinajstić information content (AvgIpc) is 3.82. The Morgan fingerprint density at radius 2 is 1.74 bits per heavy atom. The summed E-state index contributed by atoms with van der Waals surface area (Å²) >= 11 is 0. The van der Waals surface area contributed by atoms with Gasteiger partial charge in [-0.25, -0.2) is 26.4 Å². The summed E-state index contributed by atoms with van der Waals surface area (Å²) in [6.07, 6.45) is 6.33. The first-order valence-electron chi connectivity index (χ1n) is 19.3.